The van der Waals surface area contributed by atoms with Crippen molar-refractivity contribution in [3.05, 3.63) is 59.2 Å². The smallest absolute Gasteiger partial charge is 0.370 e. The van der Waals surface area contributed by atoms with Crippen LogP contribution >= 0.6 is 0 Å². The number of hydrogen-bond acceptors (Lipinski definition) is 2. The van der Waals surface area contributed by atoms with Crippen LogP contribution < -0.4 is 10.2 Å². The van der Waals surface area contributed by atoms with E-state index in [9.17, 15) is 31.1 Å². The molecule has 0 spiro atoms. The van der Waals surface area contributed by atoms with Crippen molar-refractivity contribution in [2.75, 3.05) is 23.3 Å². The summed E-state index contributed by atoms with van der Waals surface area (Å²) >= 11 is 0. The molecule has 1 heterocycles. The van der Waals surface area contributed by atoms with Crippen molar-refractivity contribution in [3.63, 3.8) is 0 Å². The molecule has 0 bridgehead atoms. The van der Waals surface area contributed by atoms with Crippen LogP contribution in [-0.4, -0.2) is 19.0 Å². The molecular formula is C20H18F6N2O. The number of anilines is 2. The lowest BCUT2D eigenvalue weighted by atomic mass is 10.0. The fourth-order valence-electron chi connectivity index (χ4n) is 3.34. The summed E-state index contributed by atoms with van der Waals surface area (Å²) in [6, 6.07) is 7.07. The van der Waals surface area contributed by atoms with Crippen LogP contribution in [0.5, 0.6) is 0 Å². The van der Waals surface area contributed by atoms with Crippen molar-refractivity contribution >= 4 is 17.3 Å². The van der Waals surface area contributed by atoms with E-state index < -0.39 is 35.0 Å². The number of nitrogens with zero attached hydrogens (tertiary/aromatic N) is 1. The van der Waals surface area contributed by atoms with Gasteiger partial charge in [-0.1, -0.05) is 12.1 Å². The number of carbonyl (C=O) groups excluding carboxylic acids is 1. The van der Waals surface area contributed by atoms with Crippen LogP contribution in [-0.2, 0) is 12.4 Å². The third-order valence-electron chi connectivity index (χ3n) is 4.75. The standard InChI is InChI=1S/C20H18F6N2O/c21-19(22,23)13-8-9-17(28-10-4-1-5-11-28)16(12-13)27-18(29)14-6-2-3-7-15(14)20(24,25)26/h2-3,6-9,12H,1,4-5,10-11H2,(H,27,29). The molecular weight excluding hydrogens is 398 g/mol. The average Bonchev–Trinajstić information content (AvgIpc) is 2.67. The minimum absolute atomic E-state index is 0.163. The van der Waals surface area contributed by atoms with Gasteiger partial charge in [0.05, 0.1) is 28.1 Å². The van der Waals surface area contributed by atoms with E-state index in [2.05, 4.69) is 5.32 Å². The number of alkyl halides is 6. The molecule has 1 aliphatic rings. The number of benzene rings is 2. The van der Waals surface area contributed by atoms with Crippen molar-refractivity contribution in [3.8, 4) is 0 Å². The topological polar surface area (TPSA) is 32.3 Å². The van der Waals surface area contributed by atoms with Gasteiger partial charge in [-0.25, -0.2) is 0 Å². The molecule has 0 saturated carbocycles. The molecule has 2 aromatic rings. The summed E-state index contributed by atoms with van der Waals surface area (Å²) in [5, 5.41) is 2.27. The summed E-state index contributed by atoms with van der Waals surface area (Å²) in [7, 11) is 0. The van der Waals surface area contributed by atoms with Crippen LogP contribution in [0.2, 0.25) is 0 Å². The molecule has 0 unspecified atom stereocenters. The van der Waals surface area contributed by atoms with E-state index in [0.717, 1.165) is 49.6 Å². The Bertz CT molecular complexity index is 885. The Morgan fingerprint density at radius 2 is 1.52 bits per heavy atom. The molecule has 1 N–H and O–H groups in total. The minimum atomic E-state index is -4.77. The van der Waals surface area contributed by atoms with Gasteiger partial charge in [-0.05, 0) is 49.6 Å². The average molecular weight is 416 g/mol. The molecule has 3 rings (SSSR count). The van der Waals surface area contributed by atoms with E-state index in [4.69, 9.17) is 0 Å². The zero-order chi connectivity index (χ0) is 21.2. The fourth-order valence-corrected chi connectivity index (χ4v) is 3.34. The number of amides is 1. The fraction of sp³-hybridized carbons (Fsp3) is 0.350. The van der Waals surface area contributed by atoms with Gasteiger partial charge in [-0.2, -0.15) is 26.3 Å². The van der Waals surface area contributed by atoms with Crippen LogP contribution in [0, 0.1) is 0 Å². The molecule has 0 atom stereocenters. The highest BCUT2D eigenvalue weighted by atomic mass is 19.4. The first kappa shape index (κ1) is 21.0. The van der Waals surface area contributed by atoms with Crippen molar-refractivity contribution in [1.29, 1.82) is 0 Å². The van der Waals surface area contributed by atoms with Gasteiger partial charge in [-0.3, -0.25) is 4.79 Å². The number of nitrogens with one attached hydrogen (secondary N) is 1. The Morgan fingerprint density at radius 1 is 0.862 bits per heavy atom. The van der Waals surface area contributed by atoms with E-state index in [1.807, 2.05) is 4.90 Å². The predicted molar refractivity (Wildman–Crippen MR) is 96.9 cm³/mol. The maximum absolute atomic E-state index is 13.2. The quantitative estimate of drug-likeness (QED) is 0.626. The van der Waals surface area contributed by atoms with E-state index in [-0.39, 0.29) is 5.69 Å². The summed E-state index contributed by atoms with van der Waals surface area (Å²) in [6.45, 7) is 1.18. The zero-order valence-corrected chi connectivity index (χ0v) is 15.2. The summed E-state index contributed by atoms with van der Waals surface area (Å²) in [5.41, 5.74) is -2.59. The third kappa shape index (κ3) is 4.83. The first-order chi connectivity index (χ1) is 13.6. The van der Waals surface area contributed by atoms with E-state index in [1.54, 1.807) is 0 Å². The summed E-state index contributed by atoms with van der Waals surface area (Å²) in [6.07, 6.45) is -6.75. The molecule has 2 aromatic carbocycles. The van der Waals surface area contributed by atoms with Crippen LogP contribution in [0.15, 0.2) is 42.5 Å². The first-order valence-electron chi connectivity index (χ1n) is 9.01. The third-order valence-corrected chi connectivity index (χ3v) is 4.75. The van der Waals surface area contributed by atoms with Crippen LogP contribution in [0.4, 0.5) is 37.7 Å². The van der Waals surface area contributed by atoms with E-state index >= 15 is 0 Å². The van der Waals surface area contributed by atoms with Crippen molar-refractivity contribution in [2.45, 2.75) is 31.6 Å². The molecule has 0 aliphatic carbocycles. The number of rotatable bonds is 3. The number of piperidine rings is 1. The predicted octanol–water partition coefficient (Wildman–Crippen LogP) is 5.97. The lowest BCUT2D eigenvalue weighted by molar-refractivity contribution is -0.138. The van der Waals surface area contributed by atoms with Gasteiger partial charge in [0.2, 0.25) is 0 Å². The molecule has 0 aromatic heterocycles. The SMILES string of the molecule is O=C(Nc1cc(C(F)(F)F)ccc1N1CCCCC1)c1ccccc1C(F)(F)F. The molecule has 156 valence electrons. The maximum Gasteiger partial charge on any atom is 0.417 e. The molecule has 3 nitrogen and oxygen atoms in total. The van der Waals surface area contributed by atoms with Crippen molar-refractivity contribution in [1.82, 2.24) is 0 Å². The number of carbonyl (C=O) groups is 1. The highest BCUT2D eigenvalue weighted by Crippen LogP contribution is 2.37. The summed E-state index contributed by atoms with van der Waals surface area (Å²) in [5.74, 6) is -1.12. The Balaban J connectivity index is 1.99. The maximum atomic E-state index is 13.2. The van der Waals surface area contributed by atoms with Gasteiger partial charge in [0, 0.05) is 13.1 Å². The largest absolute Gasteiger partial charge is 0.417 e. The van der Waals surface area contributed by atoms with Crippen LogP contribution in [0.1, 0.15) is 40.7 Å². The normalized spacial score (nSPS) is 15.3. The molecule has 1 amide bonds. The zero-order valence-electron chi connectivity index (χ0n) is 15.2. The van der Waals surface area contributed by atoms with E-state index in [1.165, 1.54) is 12.1 Å². The Kier molecular flexibility index (Phi) is 5.77. The molecule has 1 saturated heterocycles. The first-order valence-corrected chi connectivity index (χ1v) is 9.01. The van der Waals surface area contributed by atoms with Crippen LogP contribution in [0.3, 0.4) is 0 Å². The molecule has 1 fully saturated rings. The lowest BCUT2D eigenvalue weighted by Gasteiger charge is -2.31. The molecule has 0 radical (unpaired) electrons. The second kappa shape index (κ2) is 7.96. The highest BCUT2D eigenvalue weighted by molar-refractivity contribution is 6.07. The van der Waals surface area contributed by atoms with Crippen LogP contribution in [0.25, 0.3) is 0 Å². The van der Waals surface area contributed by atoms with Gasteiger partial charge in [0.25, 0.3) is 5.91 Å². The van der Waals surface area contributed by atoms with Crippen molar-refractivity contribution in [2.24, 2.45) is 0 Å². The van der Waals surface area contributed by atoms with Gasteiger partial charge < -0.3 is 10.2 Å². The minimum Gasteiger partial charge on any atom is -0.370 e. The van der Waals surface area contributed by atoms with Gasteiger partial charge in [0.1, 0.15) is 0 Å². The molecule has 9 heteroatoms. The Labute approximate surface area is 163 Å². The second-order valence-electron chi connectivity index (χ2n) is 6.77. The monoisotopic (exact) mass is 416 g/mol. The van der Waals surface area contributed by atoms with Gasteiger partial charge >= 0.3 is 12.4 Å². The summed E-state index contributed by atoms with van der Waals surface area (Å²) < 4.78 is 79.0. The Morgan fingerprint density at radius 3 is 2.14 bits per heavy atom. The number of halogens is 6. The van der Waals surface area contributed by atoms with Gasteiger partial charge in [0.15, 0.2) is 0 Å². The lowest BCUT2D eigenvalue weighted by Crippen LogP contribution is -2.30. The summed E-state index contributed by atoms with van der Waals surface area (Å²) in [4.78, 5) is 14.4. The second-order valence-corrected chi connectivity index (χ2v) is 6.77. The number of hydrogen-bond donors (Lipinski definition) is 1. The molecule has 29 heavy (non-hydrogen) atoms. The molecule has 1 aliphatic heterocycles. The van der Waals surface area contributed by atoms with E-state index in [0.29, 0.717) is 18.8 Å². The Hall–Kier alpha value is -2.71. The van der Waals surface area contributed by atoms with Gasteiger partial charge in [-0.15, -0.1) is 0 Å². The highest BCUT2D eigenvalue weighted by Gasteiger charge is 2.35. The van der Waals surface area contributed by atoms with Crippen molar-refractivity contribution < 1.29 is 31.1 Å².